The molecule has 1 fully saturated rings. The van der Waals surface area contributed by atoms with Gasteiger partial charge in [-0.05, 0) is 30.2 Å². The summed E-state index contributed by atoms with van der Waals surface area (Å²) in [4.78, 5) is 29.5. The van der Waals surface area contributed by atoms with E-state index in [1.54, 1.807) is 0 Å². The zero-order valence-corrected chi connectivity index (χ0v) is 14.5. The topological polar surface area (TPSA) is 46.5 Å². The van der Waals surface area contributed by atoms with Gasteiger partial charge in [0.2, 0.25) is 0 Å². The molecule has 0 radical (unpaired) electrons. The van der Waals surface area contributed by atoms with Crippen LogP contribution in [0.2, 0.25) is 0 Å². The maximum atomic E-state index is 12.5. The Bertz CT molecular complexity index is 587. The molecule has 0 aromatic heterocycles. The molecule has 1 aliphatic rings. The van der Waals surface area contributed by atoms with Gasteiger partial charge in [-0.1, -0.05) is 51.1 Å². The number of carbonyl (C=O) groups excluding carboxylic acids is 2. The summed E-state index contributed by atoms with van der Waals surface area (Å²) in [6, 6.07) is 10.2. The number of hydrogen-bond donors (Lipinski definition) is 0. The molecule has 1 saturated carbocycles. The lowest BCUT2D eigenvalue weighted by atomic mass is 9.69. The Kier molecular flexibility index (Phi) is 5.86. The highest BCUT2D eigenvalue weighted by Gasteiger charge is 2.41. The van der Waals surface area contributed by atoms with Crippen LogP contribution in [-0.4, -0.2) is 23.8 Å². The van der Waals surface area contributed by atoms with E-state index in [0.717, 1.165) is 25.0 Å². The van der Waals surface area contributed by atoms with Crippen molar-refractivity contribution in [2.45, 2.75) is 52.9 Å². The van der Waals surface area contributed by atoms with E-state index in [-0.39, 0.29) is 17.0 Å². The summed E-state index contributed by atoms with van der Waals surface area (Å²) < 4.78 is 0. The molecule has 3 heteroatoms. The molecule has 1 atom stereocenters. The van der Waals surface area contributed by atoms with Crippen LogP contribution in [0.5, 0.6) is 0 Å². The number of ketones is 2. The van der Waals surface area contributed by atoms with Crippen molar-refractivity contribution in [2.75, 3.05) is 6.54 Å². The van der Waals surface area contributed by atoms with Crippen LogP contribution in [0.1, 0.15) is 52.0 Å². The smallest absolute Gasteiger partial charge is 0.149 e. The summed E-state index contributed by atoms with van der Waals surface area (Å²) in [6.45, 7) is 6.77. The minimum atomic E-state index is -0.584. The van der Waals surface area contributed by atoms with E-state index < -0.39 is 5.92 Å². The molecule has 0 heterocycles. The van der Waals surface area contributed by atoms with Crippen molar-refractivity contribution >= 4 is 17.3 Å². The normalized spacial score (nSPS) is 22.3. The van der Waals surface area contributed by atoms with Gasteiger partial charge in [-0.25, -0.2) is 0 Å². The van der Waals surface area contributed by atoms with Gasteiger partial charge in [0.25, 0.3) is 0 Å². The van der Waals surface area contributed by atoms with Crippen molar-refractivity contribution in [2.24, 2.45) is 16.3 Å². The summed E-state index contributed by atoms with van der Waals surface area (Å²) in [6.07, 6.45) is 3.31. The van der Waals surface area contributed by atoms with E-state index in [1.165, 1.54) is 5.56 Å². The fourth-order valence-electron chi connectivity index (χ4n) is 3.29. The van der Waals surface area contributed by atoms with Crippen LogP contribution in [0.25, 0.3) is 0 Å². The van der Waals surface area contributed by atoms with Gasteiger partial charge < -0.3 is 0 Å². The van der Waals surface area contributed by atoms with Crippen molar-refractivity contribution in [3.05, 3.63) is 35.9 Å². The summed E-state index contributed by atoms with van der Waals surface area (Å²) in [5.74, 6) is -0.483. The Hall–Kier alpha value is -1.77. The maximum absolute atomic E-state index is 12.5. The number of hydrogen-bond acceptors (Lipinski definition) is 3. The third-order valence-electron chi connectivity index (χ3n) is 4.34. The minimum absolute atomic E-state index is 0.0476. The molecule has 124 valence electrons. The number of aliphatic imine (C=N–C) groups is 1. The van der Waals surface area contributed by atoms with Gasteiger partial charge in [0.05, 0.1) is 0 Å². The molecule has 0 bridgehead atoms. The quantitative estimate of drug-likeness (QED) is 0.744. The van der Waals surface area contributed by atoms with Crippen LogP contribution < -0.4 is 0 Å². The van der Waals surface area contributed by atoms with Crippen molar-refractivity contribution in [3.63, 3.8) is 0 Å². The first kappa shape index (κ1) is 17.6. The number of benzene rings is 1. The summed E-state index contributed by atoms with van der Waals surface area (Å²) in [7, 11) is 0. The molecule has 2 rings (SSSR count). The number of Topliss-reactive ketones (excluding diaryl/α,β-unsaturated/α-hetero) is 2. The first-order chi connectivity index (χ1) is 10.9. The predicted octanol–water partition coefficient (Wildman–Crippen LogP) is 4.04. The molecule has 1 aromatic carbocycles. The molecule has 0 amide bonds. The van der Waals surface area contributed by atoms with Crippen molar-refractivity contribution in [1.82, 2.24) is 0 Å². The third kappa shape index (κ3) is 4.85. The largest absolute Gasteiger partial charge is 0.298 e. The van der Waals surface area contributed by atoms with E-state index in [1.807, 2.05) is 25.1 Å². The Balaban J connectivity index is 2.13. The van der Waals surface area contributed by atoms with Crippen LogP contribution >= 0.6 is 0 Å². The summed E-state index contributed by atoms with van der Waals surface area (Å²) >= 11 is 0. The van der Waals surface area contributed by atoms with Gasteiger partial charge in [0.15, 0.2) is 0 Å². The second-order valence-corrected chi connectivity index (χ2v) is 7.24. The van der Waals surface area contributed by atoms with E-state index in [0.29, 0.717) is 19.4 Å². The van der Waals surface area contributed by atoms with Crippen LogP contribution in [0.3, 0.4) is 0 Å². The number of nitrogens with zero attached hydrogens (tertiary/aromatic N) is 1. The molecule has 0 unspecified atom stereocenters. The standard InChI is InChI=1S/C20H27NO2/c1-4-8-17(22)19-16(13-20(2,3)14-18(19)23)21-12-11-15-9-6-5-7-10-15/h5-7,9-10,19H,4,8,11-14H2,1-3H3/t19-/m1/s1. The Morgan fingerprint density at radius 1 is 1.22 bits per heavy atom. The zero-order chi connectivity index (χ0) is 16.9. The molecule has 1 aliphatic carbocycles. The number of carbonyl (C=O) groups is 2. The van der Waals surface area contributed by atoms with Crippen LogP contribution in [-0.2, 0) is 16.0 Å². The van der Waals surface area contributed by atoms with Gasteiger partial charge in [-0.2, -0.15) is 0 Å². The van der Waals surface area contributed by atoms with Crippen molar-refractivity contribution in [3.8, 4) is 0 Å². The van der Waals surface area contributed by atoms with Crippen LogP contribution in [0, 0.1) is 11.3 Å². The lowest BCUT2D eigenvalue weighted by Crippen LogP contribution is -2.42. The number of rotatable bonds is 6. The SMILES string of the molecule is CCCC(=O)[C@@H]1C(=O)CC(C)(C)CC1=NCCc1ccccc1. The van der Waals surface area contributed by atoms with E-state index in [4.69, 9.17) is 0 Å². The molecule has 0 aliphatic heterocycles. The van der Waals surface area contributed by atoms with Gasteiger partial charge in [0.1, 0.15) is 17.5 Å². The van der Waals surface area contributed by atoms with E-state index in [2.05, 4.69) is 31.0 Å². The van der Waals surface area contributed by atoms with E-state index >= 15 is 0 Å². The highest BCUT2D eigenvalue weighted by Crippen LogP contribution is 2.35. The van der Waals surface area contributed by atoms with Crippen LogP contribution in [0.4, 0.5) is 0 Å². The Morgan fingerprint density at radius 2 is 1.91 bits per heavy atom. The second kappa shape index (κ2) is 7.67. The molecule has 3 nitrogen and oxygen atoms in total. The van der Waals surface area contributed by atoms with Gasteiger partial charge in [-0.15, -0.1) is 0 Å². The second-order valence-electron chi connectivity index (χ2n) is 7.24. The molecule has 0 saturated heterocycles. The average molecular weight is 313 g/mol. The molecule has 23 heavy (non-hydrogen) atoms. The monoisotopic (exact) mass is 313 g/mol. The summed E-state index contributed by atoms with van der Waals surface area (Å²) in [5, 5.41) is 0. The molecule has 0 N–H and O–H groups in total. The lowest BCUT2D eigenvalue weighted by Gasteiger charge is -2.34. The highest BCUT2D eigenvalue weighted by atomic mass is 16.2. The van der Waals surface area contributed by atoms with Gasteiger partial charge >= 0.3 is 0 Å². The third-order valence-corrected chi connectivity index (χ3v) is 4.34. The average Bonchev–Trinajstić information content (AvgIpc) is 2.47. The summed E-state index contributed by atoms with van der Waals surface area (Å²) in [5.41, 5.74) is 1.95. The molecular weight excluding hydrogens is 286 g/mol. The van der Waals surface area contributed by atoms with Crippen LogP contribution in [0.15, 0.2) is 35.3 Å². The first-order valence-electron chi connectivity index (χ1n) is 8.55. The van der Waals surface area contributed by atoms with Gasteiger partial charge in [0, 0.05) is 25.1 Å². The molecular formula is C20H27NO2. The highest BCUT2D eigenvalue weighted by molar-refractivity contribution is 6.22. The van der Waals surface area contributed by atoms with E-state index in [9.17, 15) is 9.59 Å². The molecule has 0 spiro atoms. The fraction of sp³-hybridized carbons (Fsp3) is 0.550. The zero-order valence-electron chi connectivity index (χ0n) is 14.5. The van der Waals surface area contributed by atoms with Crippen molar-refractivity contribution in [1.29, 1.82) is 0 Å². The fourth-order valence-corrected chi connectivity index (χ4v) is 3.29. The minimum Gasteiger partial charge on any atom is -0.298 e. The Labute approximate surface area is 139 Å². The lowest BCUT2D eigenvalue weighted by molar-refractivity contribution is -0.132. The first-order valence-corrected chi connectivity index (χ1v) is 8.55. The maximum Gasteiger partial charge on any atom is 0.149 e. The predicted molar refractivity (Wildman–Crippen MR) is 93.9 cm³/mol. The van der Waals surface area contributed by atoms with Gasteiger partial charge in [-0.3, -0.25) is 14.6 Å². The molecule has 1 aromatic rings. The Morgan fingerprint density at radius 3 is 2.57 bits per heavy atom. The van der Waals surface area contributed by atoms with Crippen molar-refractivity contribution < 1.29 is 9.59 Å².